The lowest BCUT2D eigenvalue weighted by atomic mass is 9.76. The molecule has 0 N–H and O–H groups in total. The molecule has 34 heavy (non-hydrogen) atoms. The van der Waals surface area contributed by atoms with Crippen LogP contribution in [0.2, 0.25) is 0 Å². The molecule has 2 aliphatic heterocycles. The van der Waals surface area contributed by atoms with Gasteiger partial charge in [0.15, 0.2) is 0 Å². The number of carbonyl (C=O) groups is 2. The standard InChI is InChI=1S/C29H27NO4/c31-28(27-25-12-6-4-10-23(25)24-11-5-7-13-26(24)27)20-14-21-17-33-18-22(15-20)30(21)29(32)34-16-19-8-2-1-3-9-19/h1-13,20-22,27H,14-18H2. The Morgan fingerprint density at radius 3 is 1.97 bits per heavy atom. The van der Waals surface area contributed by atoms with Crippen molar-refractivity contribution in [1.82, 2.24) is 4.90 Å². The van der Waals surface area contributed by atoms with Gasteiger partial charge in [-0.3, -0.25) is 9.69 Å². The van der Waals surface area contributed by atoms with Gasteiger partial charge in [-0.1, -0.05) is 78.9 Å². The Balaban J connectivity index is 1.21. The SMILES string of the molecule is O=C(C1CC2COCC(C1)N2C(=O)OCc1ccccc1)C1c2ccccc2-c2ccccc21. The van der Waals surface area contributed by atoms with Crippen LogP contribution in [0.4, 0.5) is 4.79 Å². The third-order valence-corrected chi connectivity index (χ3v) is 7.46. The summed E-state index contributed by atoms with van der Waals surface area (Å²) in [5.41, 5.74) is 5.46. The van der Waals surface area contributed by atoms with E-state index >= 15 is 0 Å². The number of benzene rings is 3. The number of ketones is 1. The average Bonchev–Trinajstić information content (AvgIpc) is 3.21. The first kappa shape index (κ1) is 21.1. The minimum Gasteiger partial charge on any atom is -0.445 e. The van der Waals surface area contributed by atoms with Crippen LogP contribution in [0.5, 0.6) is 0 Å². The molecule has 5 nitrogen and oxygen atoms in total. The van der Waals surface area contributed by atoms with Crippen LogP contribution in [-0.4, -0.2) is 42.1 Å². The lowest BCUT2D eigenvalue weighted by molar-refractivity contribution is -0.131. The summed E-state index contributed by atoms with van der Waals surface area (Å²) in [4.78, 5) is 28.8. The van der Waals surface area contributed by atoms with Crippen molar-refractivity contribution in [2.75, 3.05) is 13.2 Å². The highest BCUT2D eigenvalue weighted by atomic mass is 16.6. The smallest absolute Gasteiger partial charge is 0.410 e. The van der Waals surface area contributed by atoms with Crippen molar-refractivity contribution in [3.05, 3.63) is 95.6 Å². The Morgan fingerprint density at radius 1 is 0.794 bits per heavy atom. The van der Waals surface area contributed by atoms with Crippen molar-refractivity contribution in [3.8, 4) is 11.1 Å². The van der Waals surface area contributed by atoms with E-state index in [0.29, 0.717) is 26.1 Å². The molecule has 2 atom stereocenters. The normalized spacial score (nSPS) is 23.2. The second kappa shape index (κ2) is 8.73. The van der Waals surface area contributed by atoms with E-state index in [1.165, 1.54) is 0 Å². The number of carbonyl (C=O) groups excluding carboxylic acids is 2. The molecule has 2 heterocycles. The Hall–Kier alpha value is -3.44. The summed E-state index contributed by atoms with van der Waals surface area (Å²) in [5, 5.41) is 0. The highest BCUT2D eigenvalue weighted by molar-refractivity contribution is 5.98. The molecule has 3 aliphatic rings. The second-order valence-electron chi connectivity index (χ2n) is 9.47. The van der Waals surface area contributed by atoms with Gasteiger partial charge in [0.25, 0.3) is 0 Å². The van der Waals surface area contributed by atoms with Crippen LogP contribution < -0.4 is 0 Å². The third-order valence-electron chi connectivity index (χ3n) is 7.46. The van der Waals surface area contributed by atoms with Gasteiger partial charge in [0, 0.05) is 5.92 Å². The fourth-order valence-corrected chi connectivity index (χ4v) is 5.94. The average molecular weight is 454 g/mol. The van der Waals surface area contributed by atoms with Gasteiger partial charge >= 0.3 is 6.09 Å². The zero-order chi connectivity index (χ0) is 23.1. The summed E-state index contributed by atoms with van der Waals surface area (Å²) < 4.78 is 11.4. The quantitative estimate of drug-likeness (QED) is 0.546. The first-order chi connectivity index (χ1) is 16.7. The van der Waals surface area contributed by atoms with Gasteiger partial charge < -0.3 is 9.47 Å². The van der Waals surface area contributed by atoms with Crippen molar-refractivity contribution in [1.29, 1.82) is 0 Å². The molecule has 172 valence electrons. The number of hydrogen-bond acceptors (Lipinski definition) is 4. The molecule has 0 radical (unpaired) electrons. The molecule has 2 bridgehead atoms. The molecule has 5 heteroatoms. The highest BCUT2D eigenvalue weighted by Crippen LogP contribution is 2.47. The first-order valence-corrected chi connectivity index (χ1v) is 12.0. The van der Waals surface area contributed by atoms with Crippen molar-refractivity contribution < 1.29 is 19.1 Å². The predicted molar refractivity (Wildman–Crippen MR) is 128 cm³/mol. The monoisotopic (exact) mass is 453 g/mol. The lowest BCUT2D eigenvalue weighted by Crippen LogP contribution is -2.60. The first-order valence-electron chi connectivity index (χ1n) is 12.0. The molecular formula is C29H27NO4. The Labute approximate surface area is 199 Å². The summed E-state index contributed by atoms with van der Waals surface area (Å²) in [6, 6.07) is 25.9. The van der Waals surface area contributed by atoms with E-state index in [2.05, 4.69) is 24.3 Å². The number of rotatable bonds is 4. The number of Topliss-reactive ketones (excluding diaryl/α,β-unsaturated/α-hetero) is 1. The van der Waals surface area contributed by atoms with Crippen molar-refractivity contribution in [3.63, 3.8) is 0 Å². The number of hydrogen-bond donors (Lipinski definition) is 0. The number of piperidine rings is 1. The fraction of sp³-hybridized carbons (Fsp3) is 0.310. The van der Waals surface area contributed by atoms with E-state index in [9.17, 15) is 9.59 Å². The fourth-order valence-electron chi connectivity index (χ4n) is 5.94. The molecule has 1 amide bonds. The van der Waals surface area contributed by atoms with Gasteiger partial charge in [0.1, 0.15) is 12.4 Å². The maximum atomic E-state index is 14.0. The van der Waals surface area contributed by atoms with E-state index in [1.54, 1.807) is 0 Å². The van der Waals surface area contributed by atoms with Crippen LogP contribution in [-0.2, 0) is 20.9 Å². The molecule has 0 saturated carbocycles. The van der Waals surface area contributed by atoms with E-state index in [1.807, 2.05) is 59.5 Å². The molecule has 2 saturated heterocycles. The number of morpholine rings is 1. The van der Waals surface area contributed by atoms with Crippen LogP contribution in [0.25, 0.3) is 11.1 Å². The number of nitrogens with zero attached hydrogens (tertiary/aromatic N) is 1. The maximum Gasteiger partial charge on any atom is 0.410 e. The van der Waals surface area contributed by atoms with Crippen molar-refractivity contribution in [2.24, 2.45) is 5.92 Å². The minimum absolute atomic E-state index is 0.110. The summed E-state index contributed by atoms with van der Waals surface area (Å²) in [6.07, 6.45) is 0.900. The van der Waals surface area contributed by atoms with Gasteiger partial charge in [-0.2, -0.15) is 0 Å². The number of amides is 1. The van der Waals surface area contributed by atoms with Crippen LogP contribution in [0.3, 0.4) is 0 Å². The highest BCUT2D eigenvalue weighted by Gasteiger charge is 2.47. The lowest BCUT2D eigenvalue weighted by Gasteiger charge is -2.47. The summed E-state index contributed by atoms with van der Waals surface area (Å²) >= 11 is 0. The van der Waals surface area contributed by atoms with E-state index in [4.69, 9.17) is 9.47 Å². The predicted octanol–water partition coefficient (Wildman–Crippen LogP) is 5.18. The van der Waals surface area contributed by atoms with Crippen molar-refractivity contribution >= 4 is 11.9 Å². The van der Waals surface area contributed by atoms with Gasteiger partial charge in [0.2, 0.25) is 0 Å². The molecule has 2 fully saturated rings. The molecule has 3 aromatic carbocycles. The molecular weight excluding hydrogens is 426 g/mol. The van der Waals surface area contributed by atoms with E-state index in [-0.39, 0.29) is 42.4 Å². The zero-order valence-electron chi connectivity index (χ0n) is 18.9. The largest absolute Gasteiger partial charge is 0.445 e. The van der Waals surface area contributed by atoms with Crippen LogP contribution in [0, 0.1) is 5.92 Å². The van der Waals surface area contributed by atoms with Gasteiger partial charge in [-0.05, 0) is 40.7 Å². The van der Waals surface area contributed by atoms with E-state index < -0.39 is 0 Å². The molecule has 1 aliphatic carbocycles. The number of ether oxygens (including phenoxy) is 2. The Kier molecular flexibility index (Phi) is 5.42. The third kappa shape index (κ3) is 3.61. The number of fused-ring (bicyclic) bond motifs is 5. The maximum absolute atomic E-state index is 14.0. The molecule has 0 spiro atoms. The summed E-state index contributed by atoms with van der Waals surface area (Å²) in [5.74, 6) is -0.0940. The van der Waals surface area contributed by atoms with E-state index in [0.717, 1.165) is 27.8 Å². The molecule has 0 aromatic heterocycles. The zero-order valence-corrected chi connectivity index (χ0v) is 18.9. The van der Waals surface area contributed by atoms with Gasteiger partial charge in [0.05, 0.1) is 31.2 Å². The van der Waals surface area contributed by atoms with Crippen LogP contribution in [0.15, 0.2) is 78.9 Å². The Morgan fingerprint density at radius 2 is 1.35 bits per heavy atom. The molecule has 2 unspecified atom stereocenters. The van der Waals surface area contributed by atoms with Crippen molar-refractivity contribution in [2.45, 2.75) is 37.5 Å². The summed E-state index contributed by atoms with van der Waals surface area (Å²) in [6.45, 7) is 1.13. The van der Waals surface area contributed by atoms with Crippen LogP contribution >= 0.6 is 0 Å². The van der Waals surface area contributed by atoms with Crippen LogP contribution in [0.1, 0.15) is 35.4 Å². The molecule has 6 rings (SSSR count). The summed E-state index contributed by atoms with van der Waals surface area (Å²) in [7, 11) is 0. The minimum atomic E-state index is -0.315. The van der Waals surface area contributed by atoms with Gasteiger partial charge in [-0.15, -0.1) is 0 Å². The Bertz CT molecular complexity index is 1160. The second-order valence-corrected chi connectivity index (χ2v) is 9.47. The molecule has 3 aromatic rings. The topological polar surface area (TPSA) is 55.8 Å². The van der Waals surface area contributed by atoms with Gasteiger partial charge in [-0.25, -0.2) is 4.79 Å².